The molecule has 1 aliphatic rings. The summed E-state index contributed by atoms with van der Waals surface area (Å²) in [4.78, 5) is 11.9. The van der Waals surface area contributed by atoms with E-state index in [1.165, 1.54) is 7.11 Å². The standard InChI is InChI=1S/C13H14N2O2/c1-17-13(16)12(9-6-7-9)15-11-5-3-2-4-10(11)8-14-15/h2-5,8-9,12H,6-7H2,1H3. The number of hydrogen-bond acceptors (Lipinski definition) is 3. The molecule has 1 aromatic heterocycles. The maximum absolute atomic E-state index is 11.9. The van der Waals surface area contributed by atoms with E-state index in [9.17, 15) is 4.79 Å². The molecule has 3 rings (SSSR count). The van der Waals surface area contributed by atoms with Gasteiger partial charge in [-0.05, 0) is 24.8 Å². The predicted molar refractivity (Wildman–Crippen MR) is 63.5 cm³/mol. The Balaban J connectivity index is 2.08. The highest BCUT2D eigenvalue weighted by Gasteiger charge is 2.39. The second-order valence-electron chi connectivity index (χ2n) is 4.45. The van der Waals surface area contributed by atoms with Crippen LogP contribution in [0.2, 0.25) is 0 Å². The Labute approximate surface area is 99.2 Å². The van der Waals surface area contributed by atoms with E-state index in [1.807, 2.05) is 24.3 Å². The molecule has 0 bridgehead atoms. The van der Waals surface area contributed by atoms with E-state index < -0.39 is 0 Å². The summed E-state index contributed by atoms with van der Waals surface area (Å²) in [6.07, 6.45) is 3.95. The van der Waals surface area contributed by atoms with Crippen molar-refractivity contribution in [1.82, 2.24) is 9.78 Å². The van der Waals surface area contributed by atoms with Crippen molar-refractivity contribution >= 4 is 16.9 Å². The van der Waals surface area contributed by atoms with Crippen molar-refractivity contribution in [3.63, 3.8) is 0 Å². The number of esters is 1. The van der Waals surface area contributed by atoms with E-state index in [2.05, 4.69) is 5.10 Å². The van der Waals surface area contributed by atoms with Crippen molar-refractivity contribution in [2.24, 2.45) is 5.92 Å². The molecule has 1 aromatic carbocycles. The third kappa shape index (κ3) is 1.69. The van der Waals surface area contributed by atoms with Crippen LogP contribution in [0.4, 0.5) is 0 Å². The summed E-state index contributed by atoms with van der Waals surface area (Å²) in [7, 11) is 1.43. The molecule has 2 aromatic rings. The number of nitrogens with zero attached hydrogens (tertiary/aromatic N) is 2. The van der Waals surface area contributed by atoms with E-state index in [0.717, 1.165) is 23.7 Å². The van der Waals surface area contributed by atoms with Gasteiger partial charge in [-0.1, -0.05) is 18.2 Å². The van der Waals surface area contributed by atoms with Gasteiger partial charge in [0.25, 0.3) is 0 Å². The van der Waals surface area contributed by atoms with Gasteiger partial charge in [-0.3, -0.25) is 4.68 Å². The summed E-state index contributed by atoms with van der Waals surface area (Å²) >= 11 is 0. The summed E-state index contributed by atoms with van der Waals surface area (Å²) in [5.74, 6) is 0.187. The number of carbonyl (C=O) groups is 1. The molecule has 17 heavy (non-hydrogen) atoms. The van der Waals surface area contributed by atoms with Crippen LogP contribution in [0, 0.1) is 5.92 Å². The molecular weight excluding hydrogens is 216 g/mol. The third-order valence-corrected chi connectivity index (χ3v) is 3.28. The summed E-state index contributed by atoms with van der Waals surface area (Å²) in [6, 6.07) is 7.65. The van der Waals surface area contributed by atoms with Crippen LogP contribution < -0.4 is 0 Å². The Kier molecular flexibility index (Phi) is 2.35. The van der Waals surface area contributed by atoms with Crippen molar-refractivity contribution in [3.05, 3.63) is 30.5 Å². The Bertz CT molecular complexity index is 557. The van der Waals surface area contributed by atoms with Crippen LogP contribution in [-0.4, -0.2) is 22.9 Å². The average molecular weight is 230 g/mol. The number of benzene rings is 1. The second kappa shape index (κ2) is 3.87. The molecule has 0 spiro atoms. The summed E-state index contributed by atoms with van der Waals surface area (Å²) in [6.45, 7) is 0. The number of para-hydroxylation sites is 1. The van der Waals surface area contributed by atoms with Gasteiger partial charge in [0.1, 0.15) is 0 Å². The Morgan fingerprint density at radius 2 is 2.24 bits per heavy atom. The van der Waals surface area contributed by atoms with Gasteiger partial charge in [0.15, 0.2) is 6.04 Å². The molecule has 0 amide bonds. The Hall–Kier alpha value is -1.84. The smallest absolute Gasteiger partial charge is 0.330 e. The molecule has 1 fully saturated rings. The minimum Gasteiger partial charge on any atom is -0.467 e. The molecule has 1 atom stereocenters. The first-order valence-corrected chi connectivity index (χ1v) is 5.81. The van der Waals surface area contributed by atoms with E-state index in [-0.39, 0.29) is 12.0 Å². The molecule has 0 saturated heterocycles. The Morgan fingerprint density at radius 3 is 2.94 bits per heavy atom. The van der Waals surface area contributed by atoms with Gasteiger partial charge in [0, 0.05) is 5.39 Å². The van der Waals surface area contributed by atoms with Gasteiger partial charge in [0.2, 0.25) is 0 Å². The monoisotopic (exact) mass is 230 g/mol. The quantitative estimate of drug-likeness (QED) is 0.759. The number of ether oxygens (including phenoxy) is 1. The van der Waals surface area contributed by atoms with Crippen LogP contribution >= 0.6 is 0 Å². The minimum absolute atomic E-state index is 0.193. The number of aromatic nitrogens is 2. The maximum Gasteiger partial charge on any atom is 0.330 e. The van der Waals surface area contributed by atoms with Crippen LogP contribution in [0.15, 0.2) is 30.5 Å². The summed E-state index contributed by atoms with van der Waals surface area (Å²) in [5.41, 5.74) is 0.995. The van der Waals surface area contributed by atoms with E-state index >= 15 is 0 Å². The van der Waals surface area contributed by atoms with Crippen molar-refractivity contribution in [3.8, 4) is 0 Å². The highest BCUT2D eigenvalue weighted by Crippen LogP contribution is 2.41. The normalized spacial score (nSPS) is 17.0. The predicted octanol–water partition coefficient (Wildman–Crippen LogP) is 2.16. The topological polar surface area (TPSA) is 44.1 Å². The first-order valence-electron chi connectivity index (χ1n) is 5.81. The fourth-order valence-corrected chi connectivity index (χ4v) is 2.24. The SMILES string of the molecule is COC(=O)C(C1CC1)n1ncc2ccccc21. The lowest BCUT2D eigenvalue weighted by Gasteiger charge is -2.15. The Morgan fingerprint density at radius 1 is 1.47 bits per heavy atom. The highest BCUT2D eigenvalue weighted by molar-refractivity contribution is 5.82. The molecule has 1 aliphatic carbocycles. The van der Waals surface area contributed by atoms with E-state index in [4.69, 9.17) is 4.74 Å². The fourth-order valence-electron chi connectivity index (χ4n) is 2.24. The van der Waals surface area contributed by atoms with Gasteiger partial charge in [0.05, 0.1) is 18.8 Å². The van der Waals surface area contributed by atoms with Crippen LogP contribution in [0.5, 0.6) is 0 Å². The molecule has 1 heterocycles. The second-order valence-corrected chi connectivity index (χ2v) is 4.45. The number of carbonyl (C=O) groups excluding carboxylic acids is 1. The van der Waals surface area contributed by atoms with Crippen LogP contribution in [-0.2, 0) is 9.53 Å². The van der Waals surface area contributed by atoms with Crippen molar-refractivity contribution in [2.45, 2.75) is 18.9 Å². The molecule has 0 aliphatic heterocycles. The third-order valence-electron chi connectivity index (χ3n) is 3.28. The van der Waals surface area contributed by atoms with Crippen molar-refractivity contribution in [2.75, 3.05) is 7.11 Å². The number of fused-ring (bicyclic) bond motifs is 1. The van der Waals surface area contributed by atoms with Crippen LogP contribution in [0.25, 0.3) is 10.9 Å². The molecule has 88 valence electrons. The van der Waals surface area contributed by atoms with Crippen LogP contribution in [0.3, 0.4) is 0 Å². The zero-order valence-corrected chi connectivity index (χ0v) is 9.67. The molecular formula is C13H14N2O2. The molecule has 1 unspecified atom stereocenters. The van der Waals surface area contributed by atoms with Gasteiger partial charge in [-0.2, -0.15) is 5.10 Å². The zero-order chi connectivity index (χ0) is 11.8. The molecule has 0 N–H and O–H groups in total. The van der Waals surface area contributed by atoms with E-state index in [1.54, 1.807) is 10.9 Å². The van der Waals surface area contributed by atoms with Gasteiger partial charge < -0.3 is 4.74 Å². The molecule has 4 nitrogen and oxygen atoms in total. The van der Waals surface area contributed by atoms with Crippen LogP contribution in [0.1, 0.15) is 18.9 Å². The average Bonchev–Trinajstić information content (AvgIpc) is 3.10. The van der Waals surface area contributed by atoms with Crippen molar-refractivity contribution < 1.29 is 9.53 Å². The first kappa shape index (κ1) is 10.3. The first-order chi connectivity index (χ1) is 8.31. The lowest BCUT2D eigenvalue weighted by molar-refractivity contribution is -0.145. The summed E-state index contributed by atoms with van der Waals surface area (Å²) < 4.78 is 6.69. The fraction of sp³-hybridized carbons (Fsp3) is 0.385. The zero-order valence-electron chi connectivity index (χ0n) is 9.67. The summed E-state index contributed by atoms with van der Waals surface area (Å²) in [5, 5.41) is 5.40. The van der Waals surface area contributed by atoms with Gasteiger partial charge in [-0.15, -0.1) is 0 Å². The van der Waals surface area contributed by atoms with Gasteiger partial charge in [-0.25, -0.2) is 4.79 Å². The number of methoxy groups -OCH3 is 1. The van der Waals surface area contributed by atoms with Gasteiger partial charge >= 0.3 is 5.97 Å². The molecule has 1 saturated carbocycles. The highest BCUT2D eigenvalue weighted by atomic mass is 16.5. The largest absolute Gasteiger partial charge is 0.467 e. The van der Waals surface area contributed by atoms with Crippen molar-refractivity contribution in [1.29, 1.82) is 0 Å². The molecule has 0 radical (unpaired) electrons. The lowest BCUT2D eigenvalue weighted by atomic mass is 10.2. The molecule has 4 heteroatoms. The van der Waals surface area contributed by atoms with E-state index in [0.29, 0.717) is 5.92 Å². The lowest BCUT2D eigenvalue weighted by Crippen LogP contribution is -2.23. The number of rotatable bonds is 3. The maximum atomic E-state index is 11.9. The number of hydrogen-bond donors (Lipinski definition) is 0. The minimum atomic E-state index is -0.264.